The van der Waals surface area contributed by atoms with E-state index in [9.17, 15) is 9.90 Å². The van der Waals surface area contributed by atoms with Crippen molar-refractivity contribution in [3.8, 4) is 0 Å². The molecule has 0 radical (unpaired) electrons. The SMILES string of the molecule is CCC(C)C(O)CNC(=O)C(C)CSC. The maximum atomic E-state index is 11.5. The molecule has 2 N–H and O–H groups in total. The van der Waals surface area contributed by atoms with Gasteiger partial charge in [0.2, 0.25) is 5.91 Å². The van der Waals surface area contributed by atoms with E-state index in [-0.39, 0.29) is 17.7 Å². The van der Waals surface area contributed by atoms with E-state index in [1.807, 2.05) is 27.0 Å². The van der Waals surface area contributed by atoms with Gasteiger partial charge in [-0.25, -0.2) is 0 Å². The van der Waals surface area contributed by atoms with Crippen LogP contribution in [-0.4, -0.2) is 35.7 Å². The first-order valence-electron chi connectivity index (χ1n) is 5.47. The summed E-state index contributed by atoms with van der Waals surface area (Å²) in [4.78, 5) is 11.5. The lowest BCUT2D eigenvalue weighted by atomic mass is 10.0. The second-order valence-electron chi connectivity index (χ2n) is 4.05. The third-order valence-corrected chi connectivity index (χ3v) is 3.48. The van der Waals surface area contributed by atoms with Crippen LogP contribution >= 0.6 is 11.8 Å². The minimum atomic E-state index is -0.430. The van der Waals surface area contributed by atoms with Gasteiger partial charge in [-0.1, -0.05) is 27.2 Å². The van der Waals surface area contributed by atoms with E-state index in [4.69, 9.17) is 0 Å². The fourth-order valence-corrected chi connectivity index (χ4v) is 1.83. The summed E-state index contributed by atoms with van der Waals surface area (Å²) in [7, 11) is 0. The van der Waals surface area contributed by atoms with Crippen molar-refractivity contribution in [1.82, 2.24) is 5.32 Å². The number of hydrogen-bond acceptors (Lipinski definition) is 3. The van der Waals surface area contributed by atoms with Crippen LogP contribution in [-0.2, 0) is 4.79 Å². The minimum absolute atomic E-state index is 0.0177. The van der Waals surface area contributed by atoms with E-state index in [1.54, 1.807) is 11.8 Å². The van der Waals surface area contributed by atoms with E-state index in [2.05, 4.69) is 5.32 Å². The largest absolute Gasteiger partial charge is 0.391 e. The standard InChI is InChI=1S/C11H23NO2S/c1-5-8(2)10(13)6-12-11(14)9(3)7-15-4/h8-10,13H,5-7H2,1-4H3,(H,12,14). The number of carbonyl (C=O) groups is 1. The van der Waals surface area contributed by atoms with E-state index in [1.165, 1.54) is 0 Å². The third kappa shape index (κ3) is 6.05. The van der Waals surface area contributed by atoms with Crippen molar-refractivity contribution >= 4 is 17.7 Å². The molecule has 0 fully saturated rings. The smallest absolute Gasteiger partial charge is 0.223 e. The summed E-state index contributed by atoms with van der Waals surface area (Å²) in [5, 5.41) is 12.4. The second kappa shape index (κ2) is 7.99. The number of hydrogen-bond donors (Lipinski definition) is 2. The van der Waals surface area contributed by atoms with Gasteiger partial charge >= 0.3 is 0 Å². The highest BCUT2D eigenvalue weighted by Crippen LogP contribution is 2.07. The Kier molecular flexibility index (Phi) is 7.88. The molecule has 3 atom stereocenters. The van der Waals surface area contributed by atoms with E-state index < -0.39 is 6.10 Å². The molecule has 1 amide bonds. The predicted molar refractivity (Wildman–Crippen MR) is 66.0 cm³/mol. The zero-order valence-electron chi connectivity index (χ0n) is 10.1. The summed E-state index contributed by atoms with van der Waals surface area (Å²) >= 11 is 1.66. The molecule has 0 heterocycles. The Balaban J connectivity index is 3.79. The van der Waals surface area contributed by atoms with Crippen LogP contribution < -0.4 is 5.32 Å². The summed E-state index contributed by atoms with van der Waals surface area (Å²) in [5.74, 6) is 1.11. The van der Waals surface area contributed by atoms with Gasteiger partial charge in [-0.3, -0.25) is 4.79 Å². The van der Waals surface area contributed by atoms with Crippen LogP contribution in [0.5, 0.6) is 0 Å². The fraction of sp³-hybridized carbons (Fsp3) is 0.909. The minimum Gasteiger partial charge on any atom is -0.391 e. The van der Waals surface area contributed by atoms with Gasteiger partial charge in [-0.2, -0.15) is 11.8 Å². The number of aliphatic hydroxyl groups excluding tert-OH is 1. The summed E-state index contributed by atoms with van der Waals surface area (Å²) < 4.78 is 0. The first-order valence-corrected chi connectivity index (χ1v) is 6.87. The number of rotatable bonds is 7. The topological polar surface area (TPSA) is 49.3 Å². The van der Waals surface area contributed by atoms with Gasteiger partial charge in [0, 0.05) is 18.2 Å². The number of carbonyl (C=O) groups excluding carboxylic acids is 1. The molecule has 0 rings (SSSR count). The van der Waals surface area contributed by atoms with E-state index >= 15 is 0 Å². The Morgan fingerprint density at radius 2 is 2.07 bits per heavy atom. The van der Waals surface area contributed by atoms with Gasteiger partial charge in [0.1, 0.15) is 0 Å². The molecule has 15 heavy (non-hydrogen) atoms. The molecule has 3 nitrogen and oxygen atoms in total. The maximum Gasteiger partial charge on any atom is 0.223 e. The van der Waals surface area contributed by atoms with Crippen molar-refractivity contribution < 1.29 is 9.90 Å². The van der Waals surface area contributed by atoms with E-state index in [0.29, 0.717) is 6.54 Å². The van der Waals surface area contributed by atoms with Gasteiger partial charge < -0.3 is 10.4 Å². The molecule has 0 aromatic rings. The fourth-order valence-electron chi connectivity index (χ4n) is 1.18. The van der Waals surface area contributed by atoms with Gasteiger partial charge in [0.05, 0.1) is 6.10 Å². The van der Waals surface area contributed by atoms with Gasteiger partial charge in [-0.15, -0.1) is 0 Å². The van der Waals surface area contributed by atoms with Crippen LogP contribution in [0.25, 0.3) is 0 Å². The molecule has 0 spiro atoms. The monoisotopic (exact) mass is 233 g/mol. The average molecular weight is 233 g/mol. The first kappa shape index (κ1) is 14.8. The molecule has 0 aromatic carbocycles. The number of thioether (sulfide) groups is 1. The zero-order valence-corrected chi connectivity index (χ0v) is 10.9. The molecule has 0 aliphatic carbocycles. The van der Waals surface area contributed by atoms with Crippen molar-refractivity contribution in [1.29, 1.82) is 0 Å². The lowest BCUT2D eigenvalue weighted by molar-refractivity contribution is -0.124. The Hall–Kier alpha value is -0.220. The molecule has 0 saturated heterocycles. The van der Waals surface area contributed by atoms with Crippen molar-refractivity contribution in [2.24, 2.45) is 11.8 Å². The van der Waals surface area contributed by atoms with Crippen LogP contribution in [0, 0.1) is 11.8 Å². The Morgan fingerprint density at radius 1 is 1.47 bits per heavy atom. The lowest BCUT2D eigenvalue weighted by Crippen LogP contribution is -2.38. The maximum absolute atomic E-state index is 11.5. The van der Waals surface area contributed by atoms with E-state index in [0.717, 1.165) is 12.2 Å². The quantitative estimate of drug-likeness (QED) is 0.701. The summed E-state index contributed by atoms with van der Waals surface area (Å²) in [5.41, 5.74) is 0. The number of aliphatic hydroxyl groups is 1. The molecular formula is C11H23NO2S. The molecule has 3 unspecified atom stereocenters. The molecule has 0 saturated carbocycles. The molecular weight excluding hydrogens is 210 g/mol. The number of nitrogens with one attached hydrogen (secondary N) is 1. The summed E-state index contributed by atoms with van der Waals surface area (Å²) in [6, 6.07) is 0. The molecule has 4 heteroatoms. The molecule has 0 aliphatic rings. The van der Waals surface area contributed by atoms with Gasteiger partial charge in [0.15, 0.2) is 0 Å². The van der Waals surface area contributed by atoms with Gasteiger partial charge in [-0.05, 0) is 12.2 Å². The van der Waals surface area contributed by atoms with Crippen molar-refractivity contribution in [3.05, 3.63) is 0 Å². The predicted octanol–water partition coefficient (Wildman–Crippen LogP) is 1.51. The van der Waals surface area contributed by atoms with Crippen LogP contribution in [0.4, 0.5) is 0 Å². The highest BCUT2D eigenvalue weighted by molar-refractivity contribution is 7.98. The van der Waals surface area contributed by atoms with Crippen LogP contribution in [0.3, 0.4) is 0 Å². The summed E-state index contributed by atoms with van der Waals surface area (Å²) in [6.07, 6.45) is 2.48. The van der Waals surface area contributed by atoms with Crippen molar-refractivity contribution in [2.75, 3.05) is 18.6 Å². The van der Waals surface area contributed by atoms with Crippen LogP contribution in [0.15, 0.2) is 0 Å². The lowest BCUT2D eigenvalue weighted by Gasteiger charge is -2.18. The van der Waals surface area contributed by atoms with Crippen LogP contribution in [0.2, 0.25) is 0 Å². The molecule has 90 valence electrons. The average Bonchev–Trinajstić information content (AvgIpc) is 2.24. The van der Waals surface area contributed by atoms with Crippen molar-refractivity contribution in [3.63, 3.8) is 0 Å². The summed E-state index contributed by atoms with van der Waals surface area (Å²) in [6.45, 7) is 6.29. The highest BCUT2D eigenvalue weighted by Gasteiger charge is 2.16. The Labute approximate surface area is 97.0 Å². The Morgan fingerprint density at radius 3 is 2.53 bits per heavy atom. The van der Waals surface area contributed by atoms with Gasteiger partial charge in [0.25, 0.3) is 0 Å². The molecule has 0 aromatic heterocycles. The Bertz CT molecular complexity index is 187. The first-order chi connectivity index (χ1) is 7.02. The second-order valence-corrected chi connectivity index (χ2v) is 4.97. The molecule has 0 aliphatic heterocycles. The zero-order chi connectivity index (χ0) is 11.8. The van der Waals surface area contributed by atoms with Crippen molar-refractivity contribution in [2.45, 2.75) is 33.3 Å². The highest BCUT2D eigenvalue weighted by atomic mass is 32.2. The molecule has 0 bridgehead atoms. The number of amides is 1. The van der Waals surface area contributed by atoms with Crippen LogP contribution in [0.1, 0.15) is 27.2 Å². The normalized spacial score (nSPS) is 16.9. The third-order valence-electron chi connectivity index (χ3n) is 2.65.